The molecule has 1 aromatic carbocycles. The summed E-state index contributed by atoms with van der Waals surface area (Å²) in [7, 11) is 1.66. The van der Waals surface area contributed by atoms with Gasteiger partial charge in [0.1, 0.15) is 11.1 Å². The van der Waals surface area contributed by atoms with Gasteiger partial charge in [-0.05, 0) is 43.4 Å². The lowest BCUT2D eigenvalue weighted by atomic mass is 10.1. The SMILES string of the molecule is Cn1c(=O)c2ccccc2n2c(SCC(=O)Nc3sc4c(c3C#N)CCCCC4)nnc12. The number of nitrogens with zero attached hydrogens (tertiary/aromatic N) is 5. The molecule has 1 aliphatic rings. The Bertz CT molecular complexity index is 1460. The Morgan fingerprint density at radius 3 is 2.91 bits per heavy atom. The van der Waals surface area contributed by atoms with Crippen LogP contribution in [0.2, 0.25) is 0 Å². The quantitative estimate of drug-likeness (QED) is 0.366. The zero-order valence-corrected chi connectivity index (χ0v) is 19.1. The van der Waals surface area contributed by atoms with Crippen LogP contribution in [-0.2, 0) is 24.7 Å². The maximum absolute atomic E-state index is 12.7. The monoisotopic (exact) mass is 464 g/mol. The highest BCUT2D eigenvalue weighted by Crippen LogP contribution is 2.37. The minimum Gasteiger partial charge on any atom is -0.316 e. The average Bonchev–Trinajstić information content (AvgIpc) is 3.29. The van der Waals surface area contributed by atoms with Crippen LogP contribution in [0.25, 0.3) is 16.7 Å². The molecular formula is C22H20N6O2S2. The number of nitrogens with one attached hydrogen (secondary N) is 1. The third kappa shape index (κ3) is 3.47. The Labute approximate surface area is 191 Å². The average molecular weight is 465 g/mol. The van der Waals surface area contributed by atoms with Crippen molar-refractivity contribution >= 4 is 50.7 Å². The van der Waals surface area contributed by atoms with Crippen molar-refractivity contribution < 1.29 is 4.79 Å². The van der Waals surface area contributed by atoms with Crippen molar-refractivity contribution in [2.75, 3.05) is 11.1 Å². The number of thiophene rings is 1. The number of thioether (sulfide) groups is 1. The maximum atomic E-state index is 12.7. The van der Waals surface area contributed by atoms with Crippen molar-refractivity contribution in [3.05, 3.63) is 50.6 Å². The van der Waals surface area contributed by atoms with Gasteiger partial charge in [-0.3, -0.25) is 18.6 Å². The lowest BCUT2D eigenvalue weighted by molar-refractivity contribution is -0.113. The first-order chi connectivity index (χ1) is 15.6. The summed E-state index contributed by atoms with van der Waals surface area (Å²) in [6.45, 7) is 0. The van der Waals surface area contributed by atoms with Crippen LogP contribution in [0.3, 0.4) is 0 Å². The van der Waals surface area contributed by atoms with E-state index >= 15 is 0 Å². The number of carbonyl (C=O) groups is 1. The van der Waals surface area contributed by atoms with Gasteiger partial charge < -0.3 is 5.32 Å². The molecule has 3 aromatic heterocycles. The summed E-state index contributed by atoms with van der Waals surface area (Å²) in [5, 5.41) is 22.7. The summed E-state index contributed by atoms with van der Waals surface area (Å²) in [6, 6.07) is 9.57. The maximum Gasteiger partial charge on any atom is 0.262 e. The molecular weight excluding hydrogens is 444 g/mol. The Hall–Kier alpha value is -3.16. The summed E-state index contributed by atoms with van der Waals surface area (Å²) in [5.74, 6) is 0.338. The van der Waals surface area contributed by atoms with E-state index in [9.17, 15) is 14.9 Å². The second kappa shape index (κ2) is 8.41. The van der Waals surface area contributed by atoms with Crippen molar-refractivity contribution in [3.63, 3.8) is 0 Å². The van der Waals surface area contributed by atoms with Gasteiger partial charge in [0.25, 0.3) is 5.56 Å². The van der Waals surface area contributed by atoms with E-state index in [1.807, 2.05) is 18.2 Å². The predicted octanol–water partition coefficient (Wildman–Crippen LogP) is 3.51. The molecule has 10 heteroatoms. The highest BCUT2D eigenvalue weighted by Gasteiger charge is 2.22. The van der Waals surface area contributed by atoms with Crippen molar-refractivity contribution in [2.45, 2.75) is 37.3 Å². The zero-order valence-electron chi connectivity index (χ0n) is 17.4. The minimum atomic E-state index is -0.200. The second-order valence-electron chi connectivity index (χ2n) is 7.72. The van der Waals surface area contributed by atoms with Crippen LogP contribution in [0, 0.1) is 11.3 Å². The van der Waals surface area contributed by atoms with Crippen molar-refractivity contribution in [2.24, 2.45) is 7.05 Å². The second-order valence-corrected chi connectivity index (χ2v) is 9.76. The summed E-state index contributed by atoms with van der Waals surface area (Å²) in [4.78, 5) is 26.5. The van der Waals surface area contributed by atoms with E-state index in [2.05, 4.69) is 21.6 Å². The summed E-state index contributed by atoms with van der Waals surface area (Å²) in [5.41, 5.74) is 2.27. The molecule has 8 nitrogen and oxygen atoms in total. The van der Waals surface area contributed by atoms with E-state index < -0.39 is 0 Å². The van der Waals surface area contributed by atoms with E-state index in [4.69, 9.17) is 0 Å². The molecule has 5 rings (SSSR count). The standard InChI is InChI=1S/C22H20N6O2S2/c1-27-20(30)14-8-5-6-9-16(14)28-21(27)25-26-22(28)31-12-18(29)24-19-15(11-23)13-7-3-2-4-10-17(13)32-19/h5-6,8-9H,2-4,7,10,12H2,1H3,(H,24,29). The summed E-state index contributed by atoms with van der Waals surface area (Å²) >= 11 is 2.77. The van der Waals surface area contributed by atoms with Gasteiger partial charge in [0, 0.05) is 11.9 Å². The molecule has 3 heterocycles. The van der Waals surface area contributed by atoms with Crippen LogP contribution in [0.1, 0.15) is 35.3 Å². The number of rotatable bonds is 4. The van der Waals surface area contributed by atoms with Crippen molar-refractivity contribution in [3.8, 4) is 6.07 Å². The van der Waals surface area contributed by atoms with Crippen LogP contribution < -0.4 is 10.9 Å². The molecule has 0 atom stereocenters. The van der Waals surface area contributed by atoms with Gasteiger partial charge in [0.05, 0.1) is 22.2 Å². The Morgan fingerprint density at radius 2 is 2.06 bits per heavy atom. The molecule has 1 N–H and O–H groups in total. The number of hydrogen-bond acceptors (Lipinski definition) is 7. The molecule has 0 radical (unpaired) electrons. The minimum absolute atomic E-state index is 0.116. The molecule has 0 aliphatic heterocycles. The molecule has 0 saturated heterocycles. The third-order valence-corrected chi connectivity index (χ3v) is 7.85. The summed E-state index contributed by atoms with van der Waals surface area (Å²) < 4.78 is 3.25. The number of aryl methyl sites for hydroxylation is 2. The van der Waals surface area contributed by atoms with E-state index in [0.717, 1.165) is 31.2 Å². The normalized spacial score (nSPS) is 13.6. The molecule has 0 fully saturated rings. The molecule has 0 saturated carbocycles. The summed E-state index contributed by atoms with van der Waals surface area (Å²) in [6.07, 6.45) is 5.25. The first-order valence-corrected chi connectivity index (χ1v) is 12.2. The largest absolute Gasteiger partial charge is 0.316 e. The fourth-order valence-electron chi connectivity index (χ4n) is 4.15. The fraction of sp³-hybridized carbons (Fsp3) is 0.318. The van der Waals surface area contributed by atoms with Crippen LogP contribution in [0.4, 0.5) is 5.00 Å². The van der Waals surface area contributed by atoms with Gasteiger partial charge in [-0.25, -0.2) is 0 Å². The number of nitriles is 1. The number of aromatic nitrogens is 4. The van der Waals surface area contributed by atoms with Gasteiger partial charge in [-0.2, -0.15) is 5.26 Å². The van der Waals surface area contributed by atoms with Gasteiger partial charge in [0.15, 0.2) is 5.16 Å². The van der Waals surface area contributed by atoms with Gasteiger partial charge in [0.2, 0.25) is 11.7 Å². The first-order valence-electron chi connectivity index (χ1n) is 10.4. The Balaban J connectivity index is 1.40. The van der Waals surface area contributed by atoms with Gasteiger partial charge >= 0.3 is 0 Å². The highest BCUT2D eigenvalue weighted by atomic mass is 32.2. The molecule has 32 heavy (non-hydrogen) atoms. The lowest BCUT2D eigenvalue weighted by Gasteiger charge is -2.07. The van der Waals surface area contributed by atoms with Crippen LogP contribution in [-0.4, -0.2) is 30.8 Å². The van der Waals surface area contributed by atoms with Gasteiger partial charge in [-0.15, -0.1) is 21.5 Å². The molecule has 0 unspecified atom stereocenters. The van der Waals surface area contributed by atoms with Crippen molar-refractivity contribution in [1.82, 2.24) is 19.2 Å². The topological polar surface area (TPSA) is 105 Å². The van der Waals surface area contributed by atoms with Gasteiger partial charge in [-0.1, -0.05) is 30.3 Å². The zero-order chi connectivity index (χ0) is 22.2. The Morgan fingerprint density at radius 1 is 1.25 bits per heavy atom. The molecule has 4 aromatic rings. The molecule has 1 amide bonds. The van der Waals surface area contributed by atoms with Crippen LogP contribution in [0.5, 0.6) is 0 Å². The third-order valence-electron chi connectivity index (χ3n) is 5.71. The highest BCUT2D eigenvalue weighted by molar-refractivity contribution is 7.99. The molecule has 162 valence electrons. The predicted molar refractivity (Wildman–Crippen MR) is 125 cm³/mol. The number of carbonyl (C=O) groups excluding carboxylic acids is 1. The number of benzene rings is 1. The van der Waals surface area contributed by atoms with E-state index in [1.165, 1.54) is 39.0 Å². The number of fused-ring (bicyclic) bond motifs is 4. The number of anilines is 1. The smallest absolute Gasteiger partial charge is 0.262 e. The lowest BCUT2D eigenvalue weighted by Crippen LogP contribution is -2.20. The van der Waals surface area contributed by atoms with Crippen LogP contribution in [0.15, 0.2) is 34.2 Å². The Kier molecular flexibility index (Phi) is 5.45. The van der Waals surface area contributed by atoms with E-state index in [1.54, 1.807) is 17.5 Å². The first kappa shape index (κ1) is 20.7. The van der Waals surface area contributed by atoms with E-state index in [0.29, 0.717) is 32.4 Å². The number of para-hydroxylation sites is 1. The van der Waals surface area contributed by atoms with Crippen LogP contribution >= 0.6 is 23.1 Å². The molecule has 0 bridgehead atoms. The fourth-order valence-corrected chi connectivity index (χ4v) is 6.14. The molecule has 0 spiro atoms. The molecule has 1 aliphatic carbocycles. The van der Waals surface area contributed by atoms with E-state index in [-0.39, 0.29) is 17.2 Å². The number of hydrogen-bond donors (Lipinski definition) is 1. The number of amides is 1. The van der Waals surface area contributed by atoms with Crippen molar-refractivity contribution in [1.29, 1.82) is 5.26 Å².